The molecule has 78 valence electrons. The minimum atomic E-state index is -0.416. The smallest absolute Gasteiger partial charge is 0.358 e. The Bertz CT molecular complexity index is 504. The lowest BCUT2D eigenvalue weighted by Gasteiger charge is -1.95. The largest absolute Gasteiger partial charge is 0.461 e. The van der Waals surface area contributed by atoms with Crippen molar-refractivity contribution in [1.82, 2.24) is 14.6 Å². The van der Waals surface area contributed by atoms with Crippen LogP contribution in [0.5, 0.6) is 0 Å². The first-order valence-corrected chi connectivity index (χ1v) is 4.71. The van der Waals surface area contributed by atoms with Crippen LogP contribution in [-0.4, -0.2) is 27.2 Å². The molecule has 2 aromatic heterocycles. The Labute approximate surface area is 86.7 Å². The molecule has 0 amide bonds. The van der Waals surface area contributed by atoms with Crippen molar-refractivity contribution < 1.29 is 9.53 Å². The topological polar surface area (TPSA) is 56.5 Å². The van der Waals surface area contributed by atoms with Crippen LogP contribution in [0, 0.1) is 6.92 Å². The third-order valence-electron chi connectivity index (χ3n) is 1.95. The maximum absolute atomic E-state index is 11.4. The van der Waals surface area contributed by atoms with Crippen molar-refractivity contribution in [2.24, 2.45) is 0 Å². The van der Waals surface area contributed by atoms with Crippen molar-refractivity contribution in [3.05, 3.63) is 29.7 Å². The van der Waals surface area contributed by atoms with Crippen LogP contribution in [0.25, 0.3) is 5.65 Å². The summed E-state index contributed by atoms with van der Waals surface area (Å²) in [4.78, 5) is 15.6. The minimum absolute atomic E-state index is 0.287. The number of fused-ring (bicyclic) bond motifs is 1. The zero-order valence-corrected chi connectivity index (χ0v) is 8.60. The molecule has 2 aromatic rings. The summed E-state index contributed by atoms with van der Waals surface area (Å²) in [7, 11) is 0. The molecule has 0 N–H and O–H groups in total. The molecular weight excluding hydrogens is 194 g/mol. The van der Waals surface area contributed by atoms with Gasteiger partial charge in [-0.3, -0.25) is 0 Å². The lowest BCUT2D eigenvalue weighted by molar-refractivity contribution is 0.0519. The summed E-state index contributed by atoms with van der Waals surface area (Å²) >= 11 is 0. The number of ether oxygens (including phenoxy) is 1. The van der Waals surface area contributed by atoms with Crippen LogP contribution >= 0.6 is 0 Å². The van der Waals surface area contributed by atoms with Crippen molar-refractivity contribution in [3.8, 4) is 0 Å². The van der Waals surface area contributed by atoms with Crippen LogP contribution in [0.3, 0.4) is 0 Å². The quantitative estimate of drug-likeness (QED) is 0.691. The van der Waals surface area contributed by atoms with Gasteiger partial charge in [0.25, 0.3) is 0 Å². The van der Waals surface area contributed by atoms with E-state index in [1.165, 1.54) is 0 Å². The van der Waals surface area contributed by atoms with Gasteiger partial charge >= 0.3 is 5.97 Å². The van der Waals surface area contributed by atoms with E-state index in [0.717, 1.165) is 5.69 Å². The van der Waals surface area contributed by atoms with Crippen LogP contribution in [0.2, 0.25) is 0 Å². The Morgan fingerprint density at radius 2 is 2.40 bits per heavy atom. The number of aryl methyl sites for hydroxylation is 1. The molecular formula is C10H11N3O2. The molecule has 15 heavy (non-hydrogen) atoms. The van der Waals surface area contributed by atoms with E-state index in [1.807, 2.05) is 13.0 Å². The maximum Gasteiger partial charge on any atom is 0.358 e. The minimum Gasteiger partial charge on any atom is -0.461 e. The van der Waals surface area contributed by atoms with Gasteiger partial charge in [-0.1, -0.05) is 0 Å². The molecule has 0 saturated carbocycles. The molecule has 0 unspecified atom stereocenters. The van der Waals surface area contributed by atoms with E-state index in [-0.39, 0.29) is 5.69 Å². The predicted octanol–water partition coefficient (Wildman–Crippen LogP) is 1.21. The fraction of sp³-hybridized carbons (Fsp3) is 0.300. The average Bonchev–Trinajstić information content (AvgIpc) is 2.60. The zero-order chi connectivity index (χ0) is 10.8. The highest BCUT2D eigenvalue weighted by atomic mass is 16.5. The third-order valence-corrected chi connectivity index (χ3v) is 1.95. The van der Waals surface area contributed by atoms with Gasteiger partial charge in [0, 0.05) is 18.0 Å². The van der Waals surface area contributed by atoms with E-state index >= 15 is 0 Å². The molecule has 5 nitrogen and oxygen atoms in total. The Morgan fingerprint density at radius 1 is 1.60 bits per heavy atom. The molecule has 0 aliphatic carbocycles. The molecule has 2 rings (SSSR count). The van der Waals surface area contributed by atoms with E-state index in [0.29, 0.717) is 12.3 Å². The van der Waals surface area contributed by atoms with Gasteiger partial charge in [0.05, 0.1) is 6.61 Å². The normalized spacial score (nSPS) is 10.5. The van der Waals surface area contributed by atoms with Crippen molar-refractivity contribution in [2.75, 3.05) is 6.61 Å². The van der Waals surface area contributed by atoms with E-state index in [9.17, 15) is 4.79 Å². The zero-order valence-electron chi connectivity index (χ0n) is 8.60. The van der Waals surface area contributed by atoms with Crippen molar-refractivity contribution in [3.63, 3.8) is 0 Å². The summed E-state index contributed by atoms with van der Waals surface area (Å²) in [6, 6.07) is 3.44. The number of hydrogen-bond acceptors (Lipinski definition) is 4. The van der Waals surface area contributed by atoms with Gasteiger partial charge in [0.15, 0.2) is 11.3 Å². The van der Waals surface area contributed by atoms with Crippen LogP contribution in [0.1, 0.15) is 23.1 Å². The van der Waals surface area contributed by atoms with Crippen LogP contribution in [0.4, 0.5) is 0 Å². The highest BCUT2D eigenvalue weighted by Gasteiger charge is 2.11. The molecule has 0 aliphatic heterocycles. The van der Waals surface area contributed by atoms with E-state index in [1.54, 1.807) is 23.7 Å². The fourth-order valence-corrected chi connectivity index (χ4v) is 1.28. The van der Waals surface area contributed by atoms with Crippen molar-refractivity contribution in [1.29, 1.82) is 0 Å². The second-order valence-corrected chi connectivity index (χ2v) is 3.12. The summed E-state index contributed by atoms with van der Waals surface area (Å²) in [5.41, 5.74) is 1.82. The third kappa shape index (κ3) is 1.81. The summed E-state index contributed by atoms with van der Waals surface area (Å²) in [5.74, 6) is -0.416. The number of hydrogen-bond donors (Lipinski definition) is 0. The molecule has 0 radical (unpaired) electrons. The monoisotopic (exact) mass is 205 g/mol. The Balaban J connectivity index is 2.42. The summed E-state index contributed by atoms with van der Waals surface area (Å²) in [5, 5.41) is 4.05. The molecule has 0 aromatic carbocycles. The van der Waals surface area contributed by atoms with Crippen LogP contribution in [-0.2, 0) is 4.74 Å². The van der Waals surface area contributed by atoms with E-state index < -0.39 is 5.97 Å². The summed E-state index contributed by atoms with van der Waals surface area (Å²) in [6.07, 6.45) is 1.76. The molecule has 0 saturated heterocycles. The van der Waals surface area contributed by atoms with Gasteiger partial charge in [-0.2, -0.15) is 5.10 Å². The summed E-state index contributed by atoms with van der Waals surface area (Å²) in [6.45, 7) is 3.99. The van der Waals surface area contributed by atoms with Gasteiger partial charge < -0.3 is 4.74 Å². The number of carbonyl (C=O) groups is 1. The average molecular weight is 205 g/mol. The first kappa shape index (κ1) is 9.64. The number of nitrogens with zero attached hydrogens (tertiary/aromatic N) is 3. The van der Waals surface area contributed by atoms with Gasteiger partial charge in [-0.15, -0.1) is 0 Å². The van der Waals surface area contributed by atoms with Crippen LogP contribution < -0.4 is 0 Å². The second-order valence-electron chi connectivity index (χ2n) is 3.12. The van der Waals surface area contributed by atoms with Crippen molar-refractivity contribution in [2.45, 2.75) is 13.8 Å². The number of carbonyl (C=O) groups excluding carboxylic acids is 1. The Morgan fingerprint density at radius 3 is 3.13 bits per heavy atom. The number of esters is 1. The number of aromatic nitrogens is 3. The first-order chi connectivity index (χ1) is 7.20. The Hall–Kier alpha value is -1.91. The molecule has 5 heteroatoms. The molecule has 0 bridgehead atoms. The van der Waals surface area contributed by atoms with Gasteiger partial charge in [-0.25, -0.2) is 14.3 Å². The maximum atomic E-state index is 11.4. The standard InChI is InChI=1S/C10H11N3O2/c1-3-15-10(14)8-6-9-11-7(2)4-5-13(9)12-8/h4-6H,3H2,1-2H3. The van der Waals surface area contributed by atoms with Crippen molar-refractivity contribution >= 4 is 11.6 Å². The predicted molar refractivity (Wildman–Crippen MR) is 53.7 cm³/mol. The molecule has 0 spiro atoms. The highest BCUT2D eigenvalue weighted by molar-refractivity contribution is 5.88. The second kappa shape index (κ2) is 3.68. The van der Waals surface area contributed by atoms with Gasteiger partial charge in [0.1, 0.15) is 0 Å². The van der Waals surface area contributed by atoms with Gasteiger partial charge in [0.2, 0.25) is 0 Å². The SMILES string of the molecule is CCOC(=O)c1cc2nc(C)ccn2n1. The first-order valence-electron chi connectivity index (χ1n) is 4.71. The highest BCUT2D eigenvalue weighted by Crippen LogP contribution is 2.06. The summed E-state index contributed by atoms with van der Waals surface area (Å²) < 4.78 is 6.40. The lowest BCUT2D eigenvalue weighted by atomic mass is 10.4. The molecule has 0 fully saturated rings. The molecule has 0 aliphatic rings. The van der Waals surface area contributed by atoms with Gasteiger partial charge in [-0.05, 0) is 19.9 Å². The van der Waals surface area contributed by atoms with E-state index in [2.05, 4.69) is 10.1 Å². The molecule has 2 heterocycles. The fourth-order valence-electron chi connectivity index (χ4n) is 1.28. The lowest BCUT2D eigenvalue weighted by Crippen LogP contribution is -2.05. The van der Waals surface area contributed by atoms with Crippen LogP contribution in [0.15, 0.2) is 18.3 Å². The Kier molecular flexibility index (Phi) is 2.37. The number of rotatable bonds is 2. The van der Waals surface area contributed by atoms with E-state index in [4.69, 9.17) is 4.74 Å². The molecule has 0 atom stereocenters.